The molecule has 4 heteroatoms. The van der Waals surface area contributed by atoms with Crippen molar-refractivity contribution in [1.29, 1.82) is 0 Å². The molecule has 1 atom stereocenters. The maximum atomic E-state index is 14.7. The van der Waals surface area contributed by atoms with Crippen molar-refractivity contribution in [2.24, 2.45) is 11.8 Å². The molecule has 0 bridgehead atoms. The first-order chi connectivity index (χ1) is 11.6. The maximum Gasteiger partial charge on any atom is 0.314 e. The Morgan fingerprint density at radius 1 is 1.25 bits per heavy atom. The molecule has 2 aliphatic rings. The number of ether oxygens (including phenoxy) is 2. The SMILES string of the molecule is CCOC1CCC(CCc2ccc3c(c2F)OC(=O)C(C)C3)CC1. The molecule has 1 heterocycles. The number of fused-ring (bicyclic) bond motifs is 1. The van der Waals surface area contributed by atoms with Gasteiger partial charge in [-0.15, -0.1) is 0 Å². The maximum absolute atomic E-state index is 14.7. The predicted molar refractivity (Wildman–Crippen MR) is 90.6 cm³/mol. The topological polar surface area (TPSA) is 35.5 Å². The molecular formula is C20H27FO3. The second-order valence-corrected chi connectivity index (χ2v) is 7.19. The Labute approximate surface area is 143 Å². The number of carbonyl (C=O) groups excluding carboxylic acids is 1. The van der Waals surface area contributed by atoms with Crippen LogP contribution in [0.25, 0.3) is 0 Å². The quantitative estimate of drug-likeness (QED) is 0.589. The van der Waals surface area contributed by atoms with Crippen molar-refractivity contribution in [3.05, 3.63) is 29.1 Å². The van der Waals surface area contributed by atoms with Crippen LogP contribution in [-0.2, 0) is 22.4 Å². The molecule has 0 N–H and O–H groups in total. The Balaban J connectivity index is 1.59. The van der Waals surface area contributed by atoms with Crippen LogP contribution in [0.15, 0.2) is 12.1 Å². The summed E-state index contributed by atoms with van der Waals surface area (Å²) in [4.78, 5) is 11.7. The highest BCUT2D eigenvalue weighted by atomic mass is 19.1. The van der Waals surface area contributed by atoms with Gasteiger partial charge in [-0.1, -0.05) is 19.1 Å². The van der Waals surface area contributed by atoms with Crippen LogP contribution in [0.5, 0.6) is 5.75 Å². The van der Waals surface area contributed by atoms with Crippen molar-refractivity contribution in [3.8, 4) is 5.75 Å². The summed E-state index contributed by atoms with van der Waals surface area (Å²) < 4.78 is 25.6. The normalized spacial score (nSPS) is 26.8. The fourth-order valence-electron chi connectivity index (χ4n) is 3.90. The molecule has 1 fully saturated rings. The summed E-state index contributed by atoms with van der Waals surface area (Å²) in [5.74, 6) is -0.0535. The molecule has 3 rings (SSSR count). The highest BCUT2D eigenvalue weighted by Crippen LogP contribution is 2.34. The van der Waals surface area contributed by atoms with Crippen LogP contribution in [0.2, 0.25) is 0 Å². The van der Waals surface area contributed by atoms with Crippen LogP contribution < -0.4 is 4.74 Å². The number of hydrogen-bond acceptors (Lipinski definition) is 3. The van der Waals surface area contributed by atoms with Crippen molar-refractivity contribution >= 4 is 5.97 Å². The molecule has 1 aliphatic carbocycles. The number of rotatable bonds is 5. The van der Waals surface area contributed by atoms with E-state index >= 15 is 0 Å². The average molecular weight is 334 g/mol. The van der Waals surface area contributed by atoms with E-state index in [2.05, 4.69) is 0 Å². The molecule has 0 aromatic heterocycles. The van der Waals surface area contributed by atoms with Crippen LogP contribution in [0.1, 0.15) is 57.1 Å². The van der Waals surface area contributed by atoms with Crippen LogP contribution in [0.3, 0.4) is 0 Å². The zero-order valence-corrected chi connectivity index (χ0v) is 14.6. The van der Waals surface area contributed by atoms with Gasteiger partial charge in [0.25, 0.3) is 0 Å². The number of carbonyl (C=O) groups is 1. The Bertz CT molecular complexity index is 591. The van der Waals surface area contributed by atoms with Gasteiger partial charge < -0.3 is 9.47 Å². The lowest BCUT2D eigenvalue weighted by Crippen LogP contribution is -2.26. The number of aryl methyl sites for hydroxylation is 1. The molecule has 1 unspecified atom stereocenters. The first-order valence-electron chi connectivity index (χ1n) is 9.22. The lowest BCUT2D eigenvalue weighted by molar-refractivity contribution is -0.139. The zero-order valence-electron chi connectivity index (χ0n) is 14.6. The van der Waals surface area contributed by atoms with Crippen molar-refractivity contribution in [2.45, 2.75) is 64.9 Å². The second kappa shape index (κ2) is 7.64. The molecule has 0 spiro atoms. The van der Waals surface area contributed by atoms with Gasteiger partial charge in [0.2, 0.25) is 0 Å². The van der Waals surface area contributed by atoms with E-state index in [1.54, 1.807) is 0 Å². The number of halogens is 1. The Kier molecular flexibility index (Phi) is 5.54. The summed E-state index contributed by atoms with van der Waals surface area (Å²) in [5.41, 5.74) is 1.48. The van der Waals surface area contributed by atoms with E-state index in [0.717, 1.165) is 44.3 Å². The molecular weight excluding hydrogens is 307 g/mol. The van der Waals surface area contributed by atoms with Gasteiger partial charge in [-0.3, -0.25) is 4.79 Å². The Hall–Kier alpha value is -1.42. The van der Waals surface area contributed by atoms with E-state index < -0.39 is 0 Å². The summed E-state index contributed by atoms with van der Waals surface area (Å²) in [7, 11) is 0. The van der Waals surface area contributed by atoms with E-state index in [9.17, 15) is 9.18 Å². The molecule has 1 aromatic carbocycles. The Morgan fingerprint density at radius 3 is 2.71 bits per heavy atom. The van der Waals surface area contributed by atoms with Gasteiger partial charge in [-0.2, -0.15) is 0 Å². The van der Waals surface area contributed by atoms with Gasteiger partial charge in [-0.25, -0.2) is 4.39 Å². The molecule has 1 aromatic rings. The zero-order chi connectivity index (χ0) is 17.1. The summed E-state index contributed by atoms with van der Waals surface area (Å²) in [6.07, 6.45) is 7.20. The molecule has 0 radical (unpaired) electrons. The Morgan fingerprint density at radius 2 is 2.00 bits per heavy atom. The molecule has 1 saturated carbocycles. The van der Waals surface area contributed by atoms with Crippen LogP contribution in [0, 0.1) is 17.7 Å². The minimum Gasteiger partial charge on any atom is -0.423 e. The summed E-state index contributed by atoms with van der Waals surface area (Å²) in [6, 6.07) is 3.79. The standard InChI is InChI=1S/C20H27FO3/c1-3-23-17-10-5-14(6-11-17)4-7-15-8-9-16-12-13(2)20(22)24-19(16)18(15)21/h8-9,13-14,17H,3-7,10-12H2,1-2H3. The molecule has 0 saturated heterocycles. The van der Waals surface area contributed by atoms with E-state index in [0.29, 0.717) is 30.4 Å². The van der Waals surface area contributed by atoms with Crippen LogP contribution in [-0.4, -0.2) is 18.7 Å². The van der Waals surface area contributed by atoms with Gasteiger partial charge >= 0.3 is 5.97 Å². The number of hydrogen-bond donors (Lipinski definition) is 0. The molecule has 1 aliphatic heterocycles. The van der Waals surface area contributed by atoms with Crippen molar-refractivity contribution < 1.29 is 18.7 Å². The highest BCUT2D eigenvalue weighted by molar-refractivity contribution is 5.77. The van der Waals surface area contributed by atoms with Gasteiger partial charge in [0.1, 0.15) is 0 Å². The molecule has 3 nitrogen and oxygen atoms in total. The van der Waals surface area contributed by atoms with Gasteiger partial charge in [-0.05, 0) is 68.9 Å². The van der Waals surface area contributed by atoms with Crippen molar-refractivity contribution in [2.75, 3.05) is 6.61 Å². The largest absolute Gasteiger partial charge is 0.423 e. The minimum absolute atomic E-state index is 0.163. The first kappa shape index (κ1) is 17.4. The summed E-state index contributed by atoms with van der Waals surface area (Å²) >= 11 is 0. The average Bonchev–Trinajstić information content (AvgIpc) is 2.58. The summed E-state index contributed by atoms with van der Waals surface area (Å²) in [6.45, 7) is 4.64. The van der Waals surface area contributed by atoms with Gasteiger partial charge in [0.05, 0.1) is 12.0 Å². The third kappa shape index (κ3) is 3.80. The van der Waals surface area contributed by atoms with E-state index in [1.807, 2.05) is 26.0 Å². The first-order valence-corrected chi connectivity index (χ1v) is 9.22. The lowest BCUT2D eigenvalue weighted by Gasteiger charge is -2.28. The highest BCUT2D eigenvalue weighted by Gasteiger charge is 2.28. The van der Waals surface area contributed by atoms with Gasteiger partial charge in [0, 0.05) is 6.61 Å². The van der Waals surface area contributed by atoms with E-state index in [4.69, 9.17) is 9.47 Å². The lowest BCUT2D eigenvalue weighted by atomic mass is 9.83. The molecule has 0 amide bonds. The van der Waals surface area contributed by atoms with Crippen molar-refractivity contribution in [3.63, 3.8) is 0 Å². The van der Waals surface area contributed by atoms with Crippen LogP contribution in [0.4, 0.5) is 4.39 Å². The monoisotopic (exact) mass is 334 g/mol. The fraction of sp³-hybridized carbons (Fsp3) is 0.650. The summed E-state index contributed by atoms with van der Waals surface area (Å²) in [5, 5.41) is 0. The second-order valence-electron chi connectivity index (χ2n) is 7.19. The van der Waals surface area contributed by atoms with Crippen molar-refractivity contribution in [1.82, 2.24) is 0 Å². The third-order valence-electron chi connectivity index (χ3n) is 5.41. The molecule has 24 heavy (non-hydrogen) atoms. The van der Waals surface area contributed by atoms with Gasteiger partial charge in [0.15, 0.2) is 11.6 Å². The van der Waals surface area contributed by atoms with E-state index in [1.165, 1.54) is 0 Å². The smallest absolute Gasteiger partial charge is 0.314 e. The van der Waals surface area contributed by atoms with Crippen LogP contribution >= 0.6 is 0 Å². The predicted octanol–water partition coefficient (Wildman–Crippen LogP) is 4.45. The minimum atomic E-state index is -0.337. The fourth-order valence-corrected chi connectivity index (χ4v) is 3.90. The third-order valence-corrected chi connectivity index (χ3v) is 5.41. The number of benzene rings is 1. The number of esters is 1. The molecule has 132 valence electrons. The van der Waals surface area contributed by atoms with E-state index in [-0.39, 0.29) is 23.5 Å².